The number of carbonyl (C=O) groups is 1. The molecule has 0 spiro atoms. The first-order valence-corrected chi connectivity index (χ1v) is 5.65. The van der Waals surface area contributed by atoms with Crippen molar-refractivity contribution < 1.29 is 14.3 Å². The fraction of sp³-hybridized carbons (Fsp3) is 0.462. The van der Waals surface area contributed by atoms with Crippen LogP contribution in [0.3, 0.4) is 0 Å². The van der Waals surface area contributed by atoms with Gasteiger partial charge in [-0.1, -0.05) is 12.2 Å². The number of hydrogen-bond donors (Lipinski definition) is 1. The second-order valence-corrected chi connectivity index (χ2v) is 4.91. The maximum absolute atomic E-state index is 11.6. The number of fused-ring (bicyclic) bond motifs is 2. The van der Waals surface area contributed by atoms with Gasteiger partial charge in [-0.3, -0.25) is 4.79 Å². The lowest BCUT2D eigenvalue weighted by molar-refractivity contribution is -0.150. The fourth-order valence-electron chi connectivity index (χ4n) is 3.20. The van der Waals surface area contributed by atoms with Crippen molar-refractivity contribution in [2.45, 2.75) is 19.3 Å². The van der Waals surface area contributed by atoms with Crippen LogP contribution in [0.4, 0.5) is 0 Å². The minimum absolute atomic E-state index is 0.181. The van der Waals surface area contributed by atoms with Gasteiger partial charge in [0.2, 0.25) is 0 Å². The minimum atomic E-state index is -0.680. The maximum Gasteiger partial charge on any atom is 0.310 e. The number of rotatable bonds is 3. The van der Waals surface area contributed by atoms with E-state index in [0.717, 1.165) is 18.6 Å². The normalized spacial score (nSPS) is 35.8. The summed E-state index contributed by atoms with van der Waals surface area (Å²) in [7, 11) is 0. The van der Waals surface area contributed by atoms with E-state index in [0.29, 0.717) is 12.3 Å². The minimum Gasteiger partial charge on any atom is -0.481 e. The average Bonchev–Trinajstić information content (AvgIpc) is 2.92. The van der Waals surface area contributed by atoms with Gasteiger partial charge >= 0.3 is 5.97 Å². The van der Waals surface area contributed by atoms with Gasteiger partial charge in [-0.05, 0) is 36.8 Å². The lowest BCUT2D eigenvalue weighted by atomic mass is 9.72. The number of carboxylic acids is 1. The molecule has 0 aromatic carbocycles. The quantitative estimate of drug-likeness (QED) is 0.793. The van der Waals surface area contributed by atoms with Crippen molar-refractivity contribution in [2.24, 2.45) is 17.3 Å². The van der Waals surface area contributed by atoms with E-state index < -0.39 is 11.4 Å². The van der Waals surface area contributed by atoms with Gasteiger partial charge in [0.05, 0.1) is 11.7 Å². The molecule has 3 nitrogen and oxygen atoms in total. The molecule has 2 bridgehead atoms. The molecule has 0 saturated heterocycles. The van der Waals surface area contributed by atoms with E-state index in [-0.39, 0.29) is 5.92 Å². The van der Waals surface area contributed by atoms with Gasteiger partial charge in [0, 0.05) is 6.42 Å². The number of allylic oxidation sites excluding steroid dienone is 2. The molecule has 84 valence electrons. The van der Waals surface area contributed by atoms with Crippen LogP contribution in [0.5, 0.6) is 0 Å². The Balaban J connectivity index is 1.93. The molecular formula is C13H14O3. The SMILES string of the molecule is O=C(O)[C@]1(Cc2ccco2)C[C@H]2C=C[C@H]1C2. The molecule has 1 aromatic rings. The molecule has 0 unspecified atom stereocenters. The van der Waals surface area contributed by atoms with Crippen molar-refractivity contribution >= 4 is 5.97 Å². The highest BCUT2D eigenvalue weighted by Gasteiger charge is 2.53. The molecule has 3 rings (SSSR count). The molecule has 2 aliphatic carbocycles. The summed E-state index contributed by atoms with van der Waals surface area (Å²) in [5.41, 5.74) is -0.628. The zero-order valence-electron chi connectivity index (χ0n) is 8.93. The standard InChI is InChI=1S/C13H14O3/c14-12(15)13(8-11-2-1-5-16-11)7-9-3-4-10(13)6-9/h1-5,9-10H,6-8H2,(H,14,15)/t9-,10-,13-/m0/s1. The summed E-state index contributed by atoms with van der Waals surface area (Å²) in [6.07, 6.45) is 8.10. The zero-order valence-corrected chi connectivity index (χ0v) is 8.93. The van der Waals surface area contributed by atoms with Crippen LogP contribution >= 0.6 is 0 Å². The Kier molecular flexibility index (Phi) is 1.96. The molecule has 3 atom stereocenters. The van der Waals surface area contributed by atoms with Crippen LogP contribution in [0.25, 0.3) is 0 Å². The molecule has 1 heterocycles. The Morgan fingerprint density at radius 1 is 1.56 bits per heavy atom. The Labute approximate surface area is 93.8 Å². The van der Waals surface area contributed by atoms with Crippen molar-refractivity contribution in [1.82, 2.24) is 0 Å². The molecular weight excluding hydrogens is 204 g/mol. The molecule has 2 aliphatic rings. The molecule has 1 fully saturated rings. The smallest absolute Gasteiger partial charge is 0.310 e. The van der Waals surface area contributed by atoms with E-state index in [1.165, 1.54) is 0 Å². The molecule has 3 heteroatoms. The lowest BCUT2D eigenvalue weighted by Crippen LogP contribution is -2.37. The van der Waals surface area contributed by atoms with Crippen molar-refractivity contribution in [2.75, 3.05) is 0 Å². The van der Waals surface area contributed by atoms with Crippen LogP contribution in [0.2, 0.25) is 0 Å². The summed E-state index contributed by atoms with van der Waals surface area (Å²) in [5, 5.41) is 9.51. The van der Waals surface area contributed by atoms with Crippen molar-refractivity contribution in [3.8, 4) is 0 Å². The van der Waals surface area contributed by atoms with E-state index in [1.807, 2.05) is 12.1 Å². The molecule has 16 heavy (non-hydrogen) atoms. The summed E-state index contributed by atoms with van der Waals surface area (Å²) in [6.45, 7) is 0. The summed E-state index contributed by atoms with van der Waals surface area (Å²) in [4.78, 5) is 11.6. The van der Waals surface area contributed by atoms with Crippen LogP contribution in [-0.2, 0) is 11.2 Å². The van der Waals surface area contributed by atoms with Gasteiger partial charge in [0.1, 0.15) is 5.76 Å². The van der Waals surface area contributed by atoms with Gasteiger partial charge < -0.3 is 9.52 Å². The molecule has 1 aromatic heterocycles. The maximum atomic E-state index is 11.6. The first kappa shape index (κ1) is 9.70. The largest absolute Gasteiger partial charge is 0.481 e. The molecule has 1 saturated carbocycles. The van der Waals surface area contributed by atoms with Crippen LogP contribution < -0.4 is 0 Å². The second-order valence-electron chi connectivity index (χ2n) is 4.91. The summed E-state index contributed by atoms with van der Waals surface area (Å²) in [6, 6.07) is 3.67. The van der Waals surface area contributed by atoms with Gasteiger partial charge in [-0.25, -0.2) is 0 Å². The number of carboxylic acid groups (broad SMARTS) is 1. The molecule has 0 amide bonds. The van der Waals surface area contributed by atoms with E-state index in [9.17, 15) is 9.90 Å². The van der Waals surface area contributed by atoms with Crippen LogP contribution in [0.1, 0.15) is 18.6 Å². The number of aliphatic carboxylic acids is 1. The summed E-state index contributed by atoms with van der Waals surface area (Å²) in [5.74, 6) is 0.736. The first-order chi connectivity index (χ1) is 7.71. The van der Waals surface area contributed by atoms with Crippen LogP contribution in [-0.4, -0.2) is 11.1 Å². The highest BCUT2D eigenvalue weighted by Crippen LogP contribution is 2.53. The van der Waals surface area contributed by atoms with E-state index in [4.69, 9.17) is 4.42 Å². The highest BCUT2D eigenvalue weighted by atomic mass is 16.4. The molecule has 0 aliphatic heterocycles. The topological polar surface area (TPSA) is 50.4 Å². The third-order valence-corrected chi connectivity index (χ3v) is 4.00. The molecule has 0 radical (unpaired) electrons. The van der Waals surface area contributed by atoms with E-state index in [2.05, 4.69) is 12.2 Å². The predicted molar refractivity (Wildman–Crippen MR) is 57.8 cm³/mol. The Hall–Kier alpha value is -1.51. The Morgan fingerprint density at radius 3 is 2.94 bits per heavy atom. The van der Waals surface area contributed by atoms with Crippen molar-refractivity contribution in [3.63, 3.8) is 0 Å². The van der Waals surface area contributed by atoms with E-state index >= 15 is 0 Å². The van der Waals surface area contributed by atoms with E-state index in [1.54, 1.807) is 6.26 Å². The van der Waals surface area contributed by atoms with Crippen LogP contribution in [0, 0.1) is 17.3 Å². The van der Waals surface area contributed by atoms with Crippen LogP contribution in [0.15, 0.2) is 35.0 Å². The summed E-state index contributed by atoms with van der Waals surface area (Å²) < 4.78 is 5.29. The molecule has 1 N–H and O–H groups in total. The lowest BCUT2D eigenvalue weighted by Gasteiger charge is -2.30. The number of hydrogen-bond acceptors (Lipinski definition) is 2. The third kappa shape index (κ3) is 1.24. The van der Waals surface area contributed by atoms with Gasteiger partial charge in [0.15, 0.2) is 0 Å². The van der Waals surface area contributed by atoms with Crippen molar-refractivity contribution in [3.05, 3.63) is 36.3 Å². The monoisotopic (exact) mass is 218 g/mol. The fourth-order valence-corrected chi connectivity index (χ4v) is 3.20. The first-order valence-electron chi connectivity index (χ1n) is 5.65. The second kappa shape index (κ2) is 3.24. The van der Waals surface area contributed by atoms with Gasteiger partial charge in [-0.15, -0.1) is 0 Å². The Morgan fingerprint density at radius 2 is 2.44 bits per heavy atom. The van der Waals surface area contributed by atoms with Gasteiger partial charge in [-0.2, -0.15) is 0 Å². The third-order valence-electron chi connectivity index (χ3n) is 4.00. The Bertz CT molecular complexity index is 432. The van der Waals surface area contributed by atoms with Crippen molar-refractivity contribution in [1.29, 1.82) is 0 Å². The average molecular weight is 218 g/mol. The van der Waals surface area contributed by atoms with Gasteiger partial charge in [0.25, 0.3) is 0 Å². The number of furan rings is 1. The summed E-state index contributed by atoms with van der Waals surface area (Å²) >= 11 is 0. The highest BCUT2D eigenvalue weighted by molar-refractivity contribution is 5.77. The predicted octanol–water partition coefficient (Wildman–Crippen LogP) is 2.49. The zero-order chi connectivity index (χ0) is 11.2.